The molecule has 3 atom stereocenters. The molecule has 238 valence electrons. The maximum Gasteiger partial charge on any atom is 0.416 e. The summed E-state index contributed by atoms with van der Waals surface area (Å²) >= 11 is 0. The standard InChI is InChI=1S/C29H32F9N3O2/c1-18-15-40(16-19(2)43-18)8-7-39-9-10-41(25(17-39)11-20-3-5-22(6-4-20)27(30,31)32)26(42)21-12-23(28(33,34)35)14-24(13-21)29(36,37)38/h3-6,12-14,18-19,25H,7-11,15-17H2,1-2H3/t18-,19+,25-/m1/s1. The van der Waals surface area contributed by atoms with Crippen LogP contribution in [-0.4, -0.2) is 84.7 Å². The number of rotatable bonds is 6. The molecule has 0 spiro atoms. The van der Waals surface area contributed by atoms with E-state index in [4.69, 9.17) is 4.74 Å². The van der Waals surface area contributed by atoms with E-state index in [-0.39, 0.29) is 37.8 Å². The van der Waals surface area contributed by atoms with E-state index in [2.05, 4.69) is 4.90 Å². The molecule has 14 heteroatoms. The Kier molecular flexibility index (Phi) is 9.72. The topological polar surface area (TPSA) is 36.0 Å². The fourth-order valence-electron chi connectivity index (χ4n) is 5.66. The van der Waals surface area contributed by atoms with Gasteiger partial charge in [-0.2, -0.15) is 39.5 Å². The van der Waals surface area contributed by atoms with Gasteiger partial charge in [-0.3, -0.25) is 14.6 Å². The number of benzene rings is 2. The zero-order valence-corrected chi connectivity index (χ0v) is 23.5. The van der Waals surface area contributed by atoms with Crippen molar-refractivity contribution in [3.8, 4) is 0 Å². The Balaban J connectivity index is 1.59. The zero-order valence-electron chi connectivity index (χ0n) is 23.5. The summed E-state index contributed by atoms with van der Waals surface area (Å²) in [6, 6.07) is 4.35. The minimum absolute atomic E-state index is 0.0116. The summed E-state index contributed by atoms with van der Waals surface area (Å²) in [4.78, 5) is 19.0. The molecule has 2 fully saturated rings. The molecule has 0 bridgehead atoms. The van der Waals surface area contributed by atoms with E-state index >= 15 is 0 Å². The predicted octanol–water partition coefficient (Wildman–Crippen LogP) is 6.22. The second-order valence-electron chi connectivity index (χ2n) is 11.2. The van der Waals surface area contributed by atoms with Gasteiger partial charge < -0.3 is 9.64 Å². The number of carbonyl (C=O) groups is 1. The zero-order chi connectivity index (χ0) is 31.7. The van der Waals surface area contributed by atoms with Crippen LogP contribution in [0.1, 0.15) is 46.5 Å². The van der Waals surface area contributed by atoms with Crippen LogP contribution in [0.25, 0.3) is 0 Å². The van der Waals surface area contributed by atoms with Gasteiger partial charge in [0.25, 0.3) is 5.91 Å². The smallest absolute Gasteiger partial charge is 0.373 e. The van der Waals surface area contributed by atoms with Crippen LogP contribution >= 0.6 is 0 Å². The molecule has 2 heterocycles. The van der Waals surface area contributed by atoms with Gasteiger partial charge in [-0.25, -0.2) is 0 Å². The Bertz CT molecular complexity index is 1220. The van der Waals surface area contributed by atoms with Crippen LogP contribution in [-0.2, 0) is 29.7 Å². The Morgan fingerprint density at radius 3 is 1.74 bits per heavy atom. The molecule has 0 N–H and O–H groups in total. The fourth-order valence-corrected chi connectivity index (χ4v) is 5.66. The van der Waals surface area contributed by atoms with Crippen LogP contribution in [0.5, 0.6) is 0 Å². The molecule has 0 aliphatic carbocycles. The molecular weight excluding hydrogens is 593 g/mol. The molecule has 0 aromatic heterocycles. The number of nitrogens with zero attached hydrogens (tertiary/aromatic N) is 3. The Hall–Kier alpha value is -2.84. The van der Waals surface area contributed by atoms with Crippen LogP contribution in [0.2, 0.25) is 0 Å². The van der Waals surface area contributed by atoms with Crippen molar-refractivity contribution in [3.63, 3.8) is 0 Å². The fraction of sp³-hybridized carbons (Fsp3) is 0.552. The lowest BCUT2D eigenvalue weighted by Gasteiger charge is -2.43. The second kappa shape index (κ2) is 12.6. The van der Waals surface area contributed by atoms with Crippen LogP contribution < -0.4 is 0 Å². The minimum atomic E-state index is -5.12. The second-order valence-corrected chi connectivity index (χ2v) is 11.2. The van der Waals surface area contributed by atoms with Gasteiger partial charge in [0.1, 0.15) is 0 Å². The van der Waals surface area contributed by atoms with E-state index in [0.29, 0.717) is 37.3 Å². The third kappa shape index (κ3) is 8.63. The predicted molar refractivity (Wildman–Crippen MR) is 139 cm³/mol. The molecular formula is C29H32F9N3O2. The number of alkyl halides is 9. The minimum Gasteiger partial charge on any atom is -0.373 e. The first-order valence-electron chi connectivity index (χ1n) is 13.8. The maximum atomic E-state index is 13.5. The summed E-state index contributed by atoms with van der Waals surface area (Å²) in [5.74, 6) is -1.01. The SMILES string of the molecule is C[C@@H]1CN(CCN2CCN(C(=O)c3cc(C(F)(F)F)cc(C(F)(F)F)c3)[C@H](Cc3ccc(C(F)(F)F)cc3)C2)C[C@H](C)O1. The van der Waals surface area contributed by atoms with E-state index in [9.17, 15) is 44.3 Å². The number of amides is 1. The average molecular weight is 626 g/mol. The summed E-state index contributed by atoms with van der Waals surface area (Å²) in [5.41, 5.74) is -4.39. The molecule has 2 aliphatic rings. The normalized spacial score (nSPS) is 23.0. The number of halogens is 9. The van der Waals surface area contributed by atoms with Crippen molar-refractivity contribution in [2.45, 2.75) is 57.0 Å². The Morgan fingerprint density at radius 1 is 0.721 bits per heavy atom. The molecule has 2 saturated heterocycles. The van der Waals surface area contributed by atoms with E-state index < -0.39 is 52.7 Å². The quantitative estimate of drug-likeness (QED) is 0.358. The third-order valence-corrected chi connectivity index (χ3v) is 7.64. The molecule has 1 amide bonds. The molecule has 43 heavy (non-hydrogen) atoms. The molecule has 2 aromatic carbocycles. The number of morpholine rings is 1. The monoisotopic (exact) mass is 625 g/mol. The molecule has 0 saturated carbocycles. The van der Waals surface area contributed by atoms with Crippen LogP contribution in [0, 0.1) is 0 Å². The van der Waals surface area contributed by atoms with Crippen LogP contribution in [0.4, 0.5) is 39.5 Å². The van der Waals surface area contributed by atoms with Crippen molar-refractivity contribution in [2.24, 2.45) is 0 Å². The lowest BCUT2D eigenvalue weighted by Crippen LogP contribution is -2.57. The maximum absolute atomic E-state index is 13.5. The number of piperazine rings is 1. The van der Waals surface area contributed by atoms with Gasteiger partial charge in [0, 0.05) is 57.4 Å². The lowest BCUT2D eigenvalue weighted by molar-refractivity contribution is -0.143. The van der Waals surface area contributed by atoms with Crippen molar-refractivity contribution >= 4 is 5.91 Å². The summed E-state index contributed by atoms with van der Waals surface area (Å²) < 4.78 is 126. The van der Waals surface area contributed by atoms with Crippen LogP contribution in [0.15, 0.2) is 42.5 Å². The molecule has 2 aliphatic heterocycles. The first-order chi connectivity index (χ1) is 19.9. The number of hydrogen-bond donors (Lipinski definition) is 0. The summed E-state index contributed by atoms with van der Waals surface area (Å²) in [7, 11) is 0. The highest BCUT2D eigenvalue weighted by atomic mass is 19.4. The highest BCUT2D eigenvalue weighted by Gasteiger charge is 2.39. The van der Waals surface area contributed by atoms with Gasteiger partial charge in [-0.15, -0.1) is 0 Å². The largest absolute Gasteiger partial charge is 0.416 e. The lowest BCUT2D eigenvalue weighted by atomic mass is 9.98. The molecule has 2 aromatic rings. The van der Waals surface area contributed by atoms with Crippen molar-refractivity contribution in [3.05, 3.63) is 70.3 Å². The highest BCUT2D eigenvalue weighted by molar-refractivity contribution is 5.95. The van der Waals surface area contributed by atoms with Crippen molar-refractivity contribution in [2.75, 3.05) is 45.8 Å². The van der Waals surface area contributed by atoms with Crippen molar-refractivity contribution < 1.29 is 49.0 Å². The van der Waals surface area contributed by atoms with Gasteiger partial charge in [-0.1, -0.05) is 12.1 Å². The molecule has 5 nitrogen and oxygen atoms in total. The number of carbonyl (C=O) groups excluding carboxylic acids is 1. The molecule has 4 rings (SSSR count). The number of hydrogen-bond acceptors (Lipinski definition) is 4. The first-order valence-corrected chi connectivity index (χ1v) is 13.8. The Morgan fingerprint density at radius 2 is 1.23 bits per heavy atom. The average Bonchev–Trinajstić information content (AvgIpc) is 2.90. The van der Waals surface area contributed by atoms with Gasteiger partial charge in [0.2, 0.25) is 0 Å². The molecule has 0 unspecified atom stereocenters. The number of ether oxygens (including phenoxy) is 1. The van der Waals surface area contributed by atoms with Crippen LogP contribution in [0.3, 0.4) is 0 Å². The highest BCUT2D eigenvalue weighted by Crippen LogP contribution is 2.37. The van der Waals surface area contributed by atoms with Gasteiger partial charge >= 0.3 is 18.5 Å². The molecule has 0 radical (unpaired) electrons. The van der Waals surface area contributed by atoms with E-state index in [1.54, 1.807) is 0 Å². The van der Waals surface area contributed by atoms with Gasteiger partial charge in [0.05, 0.1) is 28.9 Å². The van der Waals surface area contributed by atoms with E-state index in [0.717, 1.165) is 25.2 Å². The van der Waals surface area contributed by atoms with Crippen molar-refractivity contribution in [1.82, 2.24) is 14.7 Å². The third-order valence-electron chi connectivity index (χ3n) is 7.64. The van der Waals surface area contributed by atoms with E-state index in [1.165, 1.54) is 17.0 Å². The van der Waals surface area contributed by atoms with E-state index in [1.807, 2.05) is 18.7 Å². The summed E-state index contributed by atoms with van der Waals surface area (Å²) in [6.07, 6.45) is -14.7. The Labute approximate surface area is 243 Å². The van der Waals surface area contributed by atoms with Gasteiger partial charge in [0.15, 0.2) is 0 Å². The summed E-state index contributed by atoms with van der Waals surface area (Å²) in [5, 5.41) is 0. The van der Waals surface area contributed by atoms with Gasteiger partial charge in [-0.05, 0) is 56.2 Å². The summed E-state index contributed by atoms with van der Waals surface area (Å²) in [6.45, 7) is 7.16. The first kappa shape index (κ1) is 33.1. The van der Waals surface area contributed by atoms with Crippen molar-refractivity contribution in [1.29, 1.82) is 0 Å².